The van der Waals surface area contributed by atoms with Crippen LogP contribution in [0.5, 0.6) is 17.2 Å². The summed E-state index contributed by atoms with van der Waals surface area (Å²) >= 11 is 1.38. The van der Waals surface area contributed by atoms with E-state index in [1.807, 2.05) is 28.1 Å². The minimum absolute atomic E-state index is 0.0443. The van der Waals surface area contributed by atoms with Crippen LogP contribution in [0.25, 0.3) is 11.3 Å². The number of nitrogens with zero attached hydrogens (tertiary/aromatic N) is 2. The predicted octanol–water partition coefficient (Wildman–Crippen LogP) is 3.97. The molecular weight excluding hydrogens is 487 g/mol. The average Bonchev–Trinajstić information content (AvgIpc) is 3.43. The van der Waals surface area contributed by atoms with E-state index >= 15 is 0 Å². The van der Waals surface area contributed by atoms with E-state index in [1.165, 1.54) is 35.6 Å². The molecule has 2 heterocycles. The molecule has 4 rings (SSSR count). The summed E-state index contributed by atoms with van der Waals surface area (Å²) < 4.78 is 54.0. The molecule has 0 saturated heterocycles. The summed E-state index contributed by atoms with van der Waals surface area (Å²) in [6.07, 6.45) is -4.12. The van der Waals surface area contributed by atoms with Crippen LogP contribution in [0, 0.1) is 0 Å². The molecule has 0 aliphatic carbocycles. The normalized spacial score (nSPS) is 13.2. The lowest BCUT2D eigenvalue weighted by molar-refractivity contribution is -0.274. The molecule has 1 aromatic heterocycles. The summed E-state index contributed by atoms with van der Waals surface area (Å²) in [5.74, 6) is 0.739. The molecule has 12 heteroatoms. The van der Waals surface area contributed by atoms with Gasteiger partial charge in [0.15, 0.2) is 16.3 Å². The van der Waals surface area contributed by atoms with Gasteiger partial charge in [-0.05, 0) is 48.9 Å². The van der Waals surface area contributed by atoms with Gasteiger partial charge in [-0.2, -0.15) is 0 Å². The highest BCUT2D eigenvalue weighted by molar-refractivity contribution is 7.07. The fraction of sp³-hybridized carbons (Fsp3) is 0.304. The largest absolute Gasteiger partial charge is 0.573 e. The number of benzene rings is 2. The molecule has 0 bridgehead atoms. The second-order valence-corrected chi connectivity index (χ2v) is 8.29. The Morgan fingerprint density at radius 1 is 1.17 bits per heavy atom. The maximum atomic E-state index is 12.4. The van der Waals surface area contributed by atoms with Crippen LogP contribution in [0.1, 0.15) is 12.8 Å². The van der Waals surface area contributed by atoms with Crippen molar-refractivity contribution < 1.29 is 37.3 Å². The Morgan fingerprint density at radius 2 is 1.94 bits per heavy atom. The van der Waals surface area contributed by atoms with Gasteiger partial charge in [0, 0.05) is 30.5 Å². The summed E-state index contributed by atoms with van der Waals surface area (Å²) in [7, 11) is 0. The maximum Gasteiger partial charge on any atom is 0.573 e. The summed E-state index contributed by atoms with van der Waals surface area (Å²) in [5, 5.41) is 13.5. The number of alkyl halides is 3. The number of carbonyl (C=O) groups excluding carboxylic acids is 1. The lowest BCUT2D eigenvalue weighted by Crippen LogP contribution is -2.27. The maximum absolute atomic E-state index is 12.4. The fourth-order valence-electron chi connectivity index (χ4n) is 3.41. The lowest BCUT2D eigenvalue weighted by Gasteiger charge is -2.11. The summed E-state index contributed by atoms with van der Waals surface area (Å²) in [4.78, 5) is 16.9. The smallest absolute Gasteiger partial charge is 0.454 e. The van der Waals surface area contributed by atoms with Crippen molar-refractivity contribution in [2.45, 2.75) is 25.7 Å². The van der Waals surface area contributed by atoms with Crippen LogP contribution in [0.15, 0.2) is 52.8 Å². The zero-order chi connectivity index (χ0) is 24.8. The number of carbonyl (C=O) groups is 1. The van der Waals surface area contributed by atoms with Gasteiger partial charge in [0.25, 0.3) is 0 Å². The van der Waals surface area contributed by atoms with Crippen molar-refractivity contribution in [2.24, 2.45) is 4.99 Å². The number of fused-ring (bicyclic) bond motifs is 1. The first kappa shape index (κ1) is 24.6. The molecule has 0 radical (unpaired) electrons. The molecule has 0 unspecified atom stereocenters. The van der Waals surface area contributed by atoms with Crippen LogP contribution >= 0.6 is 11.3 Å². The number of aliphatic hydroxyl groups excluding tert-OH is 1. The Balaban J connectivity index is 1.60. The Bertz CT molecular complexity index is 1240. The quantitative estimate of drug-likeness (QED) is 0.426. The third-order valence-corrected chi connectivity index (χ3v) is 5.84. The summed E-state index contributed by atoms with van der Waals surface area (Å²) in [6.45, 7) is 0.867. The van der Waals surface area contributed by atoms with Crippen LogP contribution in [0.3, 0.4) is 0 Å². The van der Waals surface area contributed by atoms with E-state index in [0.29, 0.717) is 41.5 Å². The highest BCUT2D eigenvalue weighted by atomic mass is 32.1. The van der Waals surface area contributed by atoms with Gasteiger partial charge in [-0.3, -0.25) is 4.79 Å². The number of hydrogen-bond acceptors (Lipinski definition) is 7. The van der Waals surface area contributed by atoms with Gasteiger partial charge in [0.2, 0.25) is 12.7 Å². The zero-order valence-electron chi connectivity index (χ0n) is 18.4. The second kappa shape index (κ2) is 10.8. The van der Waals surface area contributed by atoms with Gasteiger partial charge < -0.3 is 29.2 Å². The van der Waals surface area contributed by atoms with E-state index in [2.05, 4.69) is 15.0 Å². The van der Waals surface area contributed by atoms with Crippen LogP contribution in [-0.4, -0.2) is 41.9 Å². The summed E-state index contributed by atoms with van der Waals surface area (Å²) in [6, 6.07) is 10.9. The number of amides is 1. The van der Waals surface area contributed by atoms with E-state index in [4.69, 9.17) is 14.6 Å². The minimum atomic E-state index is -4.76. The van der Waals surface area contributed by atoms with Gasteiger partial charge in [-0.25, -0.2) is 4.99 Å². The van der Waals surface area contributed by atoms with Crippen LogP contribution in [0.4, 0.5) is 18.9 Å². The number of ether oxygens (including phenoxy) is 3. The Labute approximate surface area is 202 Å². The third-order valence-electron chi connectivity index (χ3n) is 4.98. The Hall–Kier alpha value is -3.51. The standard InChI is InChI=1S/C23H22F3N3O5S/c24-23(25,26)34-17-5-3-16(4-6-17)28-22-29(10-1-9-27-21(31)8-11-30)18(13-35-22)15-2-7-19-20(12-15)33-14-32-19/h2-7,12-13,30H,1,8-11,14H2,(H,27,31)/b28-22-. The molecule has 0 fully saturated rings. The number of aliphatic hydroxyl groups is 1. The number of thiazole rings is 1. The monoisotopic (exact) mass is 509 g/mol. The molecule has 2 aromatic carbocycles. The minimum Gasteiger partial charge on any atom is -0.454 e. The zero-order valence-corrected chi connectivity index (χ0v) is 19.2. The molecule has 0 saturated carbocycles. The van der Waals surface area contributed by atoms with Gasteiger partial charge in [-0.1, -0.05) is 0 Å². The number of hydrogen-bond donors (Lipinski definition) is 2. The van der Waals surface area contributed by atoms with Crippen molar-refractivity contribution >= 4 is 22.9 Å². The molecule has 1 aliphatic heterocycles. The number of rotatable bonds is 9. The molecule has 35 heavy (non-hydrogen) atoms. The number of halogens is 3. The SMILES string of the molecule is O=C(CCO)NCCCn1c(-c2ccc3c(c2)OCO3)cs/c1=N\c1ccc(OC(F)(F)F)cc1. The molecule has 1 amide bonds. The lowest BCUT2D eigenvalue weighted by atomic mass is 10.1. The van der Waals surface area contributed by atoms with Crippen molar-refractivity contribution in [3.63, 3.8) is 0 Å². The molecule has 2 N–H and O–H groups in total. The molecule has 8 nitrogen and oxygen atoms in total. The van der Waals surface area contributed by atoms with E-state index in [-0.39, 0.29) is 31.5 Å². The predicted molar refractivity (Wildman–Crippen MR) is 122 cm³/mol. The topological polar surface area (TPSA) is 94.3 Å². The van der Waals surface area contributed by atoms with Gasteiger partial charge in [0.05, 0.1) is 18.0 Å². The molecule has 186 valence electrons. The van der Waals surface area contributed by atoms with Crippen molar-refractivity contribution in [1.82, 2.24) is 9.88 Å². The van der Waals surface area contributed by atoms with Gasteiger partial charge in [0.1, 0.15) is 5.75 Å². The van der Waals surface area contributed by atoms with Crippen molar-refractivity contribution in [1.29, 1.82) is 0 Å². The molecule has 3 aromatic rings. The molecule has 1 aliphatic rings. The first-order valence-electron chi connectivity index (χ1n) is 10.7. The van der Waals surface area contributed by atoms with E-state index in [0.717, 1.165) is 11.3 Å². The second-order valence-electron chi connectivity index (χ2n) is 7.45. The van der Waals surface area contributed by atoms with E-state index < -0.39 is 6.36 Å². The van der Waals surface area contributed by atoms with Crippen LogP contribution in [-0.2, 0) is 11.3 Å². The van der Waals surface area contributed by atoms with Crippen LogP contribution < -0.4 is 24.3 Å². The van der Waals surface area contributed by atoms with Gasteiger partial charge in [-0.15, -0.1) is 24.5 Å². The van der Waals surface area contributed by atoms with E-state index in [9.17, 15) is 18.0 Å². The highest BCUT2D eigenvalue weighted by Gasteiger charge is 2.31. The Kier molecular flexibility index (Phi) is 7.61. The van der Waals surface area contributed by atoms with Gasteiger partial charge >= 0.3 is 6.36 Å². The highest BCUT2D eigenvalue weighted by Crippen LogP contribution is 2.36. The van der Waals surface area contributed by atoms with Crippen LogP contribution in [0.2, 0.25) is 0 Å². The Morgan fingerprint density at radius 3 is 2.69 bits per heavy atom. The first-order chi connectivity index (χ1) is 16.8. The average molecular weight is 510 g/mol. The molecule has 0 spiro atoms. The first-order valence-corrected chi connectivity index (χ1v) is 11.6. The van der Waals surface area contributed by atoms with E-state index in [1.54, 1.807) is 0 Å². The fourth-order valence-corrected chi connectivity index (χ4v) is 4.36. The molecular formula is C23H22F3N3O5S. The van der Waals surface area contributed by atoms with Crippen molar-refractivity contribution in [2.75, 3.05) is 19.9 Å². The summed E-state index contributed by atoms with van der Waals surface area (Å²) in [5.41, 5.74) is 2.21. The van der Waals surface area contributed by atoms with Crippen molar-refractivity contribution in [3.05, 3.63) is 52.6 Å². The number of nitrogens with one attached hydrogen (secondary N) is 1. The molecule has 0 atom stereocenters. The number of aromatic nitrogens is 1. The third kappa shape index (κ3) is 6.55. The van der Waals surface area contributed by atoms with Crippen molar-refractivity contribution in [3.8, 4) is 28.5 Å².